The number of amides is 2. The third-order valence-electron chi connectivity index (χ3n) is 5.01. The Balaban J connectivity index is 2.46. The van der Waals surface area contributed by atoms with Gasteiger partial charge in [0.2, 0.25) is 11.8 Å². The number of carbonyl (C=O) groups excluding carboxylic acids is 3. The molecule has 2 atom stereocenters. The zero-order valence-corrected chi connectivity index (χ0v) is 18.7. The molecule has 4 N–H and O–H groups in total. The van der Waals surface area contributed by atoms with Gasteiger partial charge in [0.05, 0.1) is 19.8 Å². The van der Waals surface area contributed by atoms with Crippen LogP contribution >= 0.6 is 0 Å². The van der Waals surface area contributed by atoms with Gasteiger partial charge in [0.25, 0.3) is 0 Å². The van der Waals surface area contributed by atoms with Gasteiger partial charge in [-0.2, -0.15) is 0 Å². The van der Waals surface area contributed by atoms with Crippen LogP contribution in [0.25, 0.3) is 0 Å². The number of phenolic OH excluding ortho intramolecular Hbond substituents is 1. The maximum Gasteiger partial charge on any atom is 0.305 e. The summed E-state index contributed by atoms with van der Waals surface area (Å²) < 4.78 is 4.59. The van der Waals surface area contributed by atoms with Gasteiger partial charge in [-0.3, -0.25) is 14.4 Å². The molecule has 1 rings (SSSR count). The Morgan fingerprint density at radius 2 is 1.58 bits per heavy atom. The molecule has 0 saturated heterocycles. The number of aliphatic hydroxyl groups is 1. The van der Waals surface area contributed by atoms with E-state index < -0.39 is 12.1 Å². The number of ether oxygens (including phenoxy) is 1. The van der Waals surface area contributed by atoms with Crippen LogP contribution in [0, 0.1) is 5.92 Å². The van der Waals surface area contributed by atoms with E-state index in [1.54, 1.807) is 24.3 Å². The van der Waals surface area contributed by atoms with Crippen LogP contribution in [0.1, 0.15) is 57.9 Å². The molecule has 0 radical (unpaired) electrons. The van der Waals surface area contributed by atoms with Crippen molar-refractivity contribution < 1.29 is 29.3 Å². The first-order chi connectivity index (χ1) is 14.8. The van der Waals surface area contributed by atoms with E-state index >= 15 is 0 Å². The molecule has 1 unspecified atom stereocenters. The Morgan fingerprint density at radius 3 is 2.13 bits per heavy atom. The molecule has 31 heavy (non-hydrogen) atoms. The molecule has 1 aromatic carbocycles. The van der Waals surface area contributed by atoms with Gasteiger partial charge in [-0.05, 0) is 42.9 Å². The summed E-state index contributed by atoms with van der Waals surface area (Å²) in [7, 11) is 1.37. The number of nitrogens with one attached hydrogen (secondary N) is 2. The number of carbonyl (C=O) groups is 3. The average molecular weight is 437 g/mol. The smallest absolute Gasteiger partial charge is 0.305 e. The molecule has 0 spiro atoms. The summed E-state index contributed by atoms with van der Waals surface area (Å²) in [6, 6.07) is 5.38. The van der Waals surface area contributed by atoms with Gasteiger partial charge in [0, 0.05) is 12.8 Å². The van der Waals surface area contributed by atoms with E-state index in [2.05, 4.69) is 15.4 Å². The summed E-state index contributed by atoms with van der Waals surface area (Å²) in [4.78, 5) is 36.1. The molecule has 1 aromatic rings. The van der Waals surface area contributed by atoms with E-state index in [9.17, 15) is 24.6 Å². The zero-order chi connectivity index (χ0) is 23.2. The molecule has 0 aliphatic rings. The van der Waals surface area contributed by atoms with Gasteiger partial charge in [-0.25, -0.2) is 0 Å². The predicted octanol–water partition coefficient (Wildman–Crippen LogP) is 2.07. The number of esters is 1. The van der Waals surface area contributed by atoms with Gasteiger partial charge in [-0.1, -0.05) is 38.8 Å². The number of rotatable bonds is 14. The molecule has 0 aliphatic carbocycles. The van der Waals surface area contributed by atoms with E-state index in [0.717, 1.165) is 24.8 Å². The molecular weight excluding hydrogens is 400 g/mol. The molecule has 2 amide bonds. The van der Waals surface area contributed by atoms with Crippen molar-refractivity contribution in [3.8, 4) is 5.75 Å². The topological polar surface area (TPSA) is 125 Å². The Morgan fingerprint density at radius 1 is 0.968 bits per heavy atom. The lowest BCUT2D eigenvalue weighted by Gasteiger charge is -2.25. The van der Waals surface area contributed by atoms with Crippen LogP contribution < -0.4 is 10.6 Å². The SMILES string of the molecule is COC(=O)CCCCCCC(=O)N[C@H](C(=O)NC(CO)Cc1ccc(O)cc1)C(C)C. The molecular formula is C23H36N2O6. The maximum atomic E-state index is 12.7. The predicted molar refractivity (Wildman–Crippen MR) is 117 cm³/mol. The van der Waals surface area contributed by atoms with Crippen molar-refractivity contribution in [3.63, 3.8) is 0 Å². The molecule has 0 saturated carbocycles. The van der Waals surface area contributed by atoms with Crippen molar-refractivity contribution >= 4 is 17.8 Å². The van der Waals surface area contributed by atoms with Crippen molar-refractivity contribution in [2.24, 2.45) is 5.92 Å². The second-order valence-corrected chi connectivity index (χ2v) is 8.04. The highest BCUT2D eigenvalue weighted by molar-refractivity contribution is 5.88. The van der Waals surface area contributed by atoms with E-state index in [4.69, 9.17) is 0 Å². The molecule has 8 heteroatoms. The van der Waals surface area contributed by atoms with Gasteiger partial charge >= 0.3 is 5.97 Å². The van der Waals surface area contributed by atoms with Crippen LogP contribution in [0.5, 0.6) is 5.75 Å². The Bertz CT molecular complexity index is 690. The van der Waals surface area contributed by atoms with Crippen LogP contribution in [-0.4, -0.2) is 53.8 Å². The quantitative estimate of drug-likeness (QED) is 0.261. The number of unbranched alkanes of at least 4 members (excludes halogenated alkanes) is 3. The minimum absolute atomic E-state index is 0.114. The molecule has 0 aromatic heterocycles. The number of hydrogen-bond donors (Lipinski definition) is 4. The number of aliphatic hydroxyl groups excluding tert-OH is 1. The van der Waals surface area contributed by atoms with E-state index in [0.29, 0.717) is 25.7 Å². The summed E-state index contributed by atoms with van der Waals surface area (Å²) in [6.07, 6.45) is 4.18. The number of methoxy groups -OCH3 is 1. The zero-order valence-electron chi connectivity index (χ0n) is 18.7. The lowest BCUT2D eigenvalue weighted by atomic mass is 10.0. The summed E-state index contributed by atoms with van der Waals surface area (Å²) >= 11 is 0. The highest BCUT2D eigenvalue weighted by Crippen LogP contribution is 2.12. The average Bonchev–Trinajstić information content (AvgIpc) is 2.74. The largest absolute Gasteiger partial charge is 0.508 e. The Hall–Kier alpha value is -2.61. The minimum atomic E-state index is -0.694. The first-order valence-corrected chi connectivity index (χ1v) is 10.8. The second-order valence-electron chi connectivity index (χ2n) is 8.04. The van der Waals surface area contributed by atoms with Gasteiger partial charge < -0.3 is 25.6 Å². The minimum Gasteiger partial charge on any atom is -0.508 e. The number of phenols is 1. The standard InChI is InChI=1S/C23H36N2O6/c1-16(2)22(25-20(28)8-6-4-5-7-9-21(29)31-3)23(30)24-18(15-26)14-17-10-12-19(27)13-11-17/h10-13,16,18,22,26-27H,4-9,14-15H2,1-3H3,(H,24,30)(H,25,28)/t18?,22-/m0/s1. The first-order valence-electron chi connectivity index (χ1n) is 10.8. The monoisotopic (exact) mass is 436 g/mol. The van der Waals surface area contributed by atoms with Gasteiger partial charge in [0.1, 0.15) is 11.8 Å². The third-order valence-corrected chi connectivity index (χ3v) is 5.01. The van der Waals surface area contributed by atoms with Crippen molar-refractivity contribution in [2.45, 2.75) is 70.9 Å². The molecule has 8 nitrogen and oxygen atoms in total. The van der Waals surface area contributed by atoms with Gasteiger partial charge in [-0.15, -0.1) is 0 Å². The van der Waals surface area contributed by atoms with Crippen LogP contribution in [-0.2, 0) is 25.5 Å². The number of benzene rings is 1. The molecule has 0 fully saturated rings. The summed E-state index contributed by atoms with van der Waals surface area (Å²) in [6.45, 7) is 3.47. The van der Waals surface area contributed by atoms with E-state index in [-0.39, 0.29) is 36.1 Å². The number of hydrogen-bond acceptors (Lipinski definition) is 6. The van der Waals surface area contributed by atoms with Crippen molar-refractivity contribution in [3.05, 3.63) is 29.8 Å². The number of aromatic hydroxyl groups is 1. The van der Waals surface area contributed by atoms with Crippen LogP contribution in [0.4, 0.5) is 0 Å². The summed E-state index contributed by atoms with van der Waals surface area (Å²) in [5.74, 6) is -0.716. The fourth-order valence-corrected chi connectivity index (χ4v) is 3.16. The van der Waals surface area contributed by atoms with Gasteiger partial charge in [0.15, 0.2) is 0 Å². The second kappa shape index (κ2) is 14.4. The van der Waals surface area contributed by atoms with Crippen molar-refractivity contribution in [1.29, 1.82) is 0 Å². The Kier molecular flexibility index (Phi) is 12.3. The fourth-order valence-electron chi connectivity index (χ4n) is 3.16. The van der Waals surface area contributed by atoms with E-state index in [1.165, 1.54) is 7.11 Å². The highest BCUT2D eigenvalue weighted by Gasteiger charge is 2.26. The lowest BCUT2D eigenvalue weighted by Crippen LogP contribution is -2.53. The van der Waals surface area contributed by atoms with Crippen molar-refractivity contribution in [2.75, 3.05) is 13.7 Å². The van der Waals surface area contributed by atoms with Crippen LogP contribution in [0.15, 0.2) is 24.3 Å². The summed E-state index contributed by atoms with van der Waals surface area (Å²) in [5, 5.41) is 24.6. The fraction of sp³-hybridized carbons (Fsp3) is 0.609. The molecule has 0 heterocycles. The molecule has 174 valence electrons. The molecule has 0 bridgehead atoms. The normalized spacial score (nSPS) is 12.8. The first kappa shape index (κ1) is 26.4. The van der Waals surface area contributed by atoms with E-state index in [1.807, 2.05) is 13.8 Å². The highest BCUT2D eigenvalue weighted by atomic mass is 16.5. The van der Waals surface area contributed by atoms with Crippen LogP contribution in [0.2, 0.25) is 0 Å². The third kappa shape index (κ3) is 10.8. The maximum absolute atomic E-state index is 12.7. The van der Waals surface area contributed by atoms with Crippen LogP contribution in [0.3, 0.4) is 0 Å². The van der Waals surface area contributed by atoms with Crippen molar-refractivity contribution in [1.82, 2.24) is 10.6 Å². The Labute approximate surface area is 184 Å². The summed E-state index contributed by atoms with van der Waals surface area (Å²) in [5.41, 5.74) is 0.870. The molecule has 0 aliphatic heterocycles. The lowest BCUT2D eigenvalue weighted by molar-refractivity contribution is -0.140.